The molecule has 1 aliphatic heterocycles. The Hall–Kier alpha value is -2.51. The highest BCUT2D eigenvalue weighted by atomic mass is 16.5. The number of anilines is 1. The van der Waals surface area contributed by atoms with Gasteiger partial charge in [-0.15, -0.1) is 10.2 Å². The van der Waals surface area contributed by atoms with E-state index >= 15 is 0 Å². The number of amides is 1. The van der Waals surface area contributed by atoms with Crippen LogP contribution in [0.2, 0.25) is 0 Å². The second kappa shape index (κ2) is 8.82. The summed E-state index contributed by atoms with van der Waals surface area (Å²) in [6, 6.07) is 13.5. The lowest BCUT2D eigenvalue weighted by Crippen LogP contribution is -2.35. The van der Waals surface area contributed by atoms with Crippen LogP contribution in [0.25, 0.3) is 0 Å². The van der Waals surface area contributed by atoms with Crippen LogP contribution in [-0.2, 0) is 11.3 Å². The van der Waals surface area contributed by atoms with Crippen molar-refractivity contribution in [2.24, 2.45) is 5.73 Å². The standard InChI is InChI=1S/C11H15NO.C5H6N4O/c1-2-4-11(5-3-1)10-12-6-8-13-9-7-12;6-4-2-1-3(5(7)10)8-9-4/h1-5H,6-10H2;1-2H,(H2,6,9)(H2,7,10). The minimum atomic E-state index is -0.604. The molecular weight excluding hydrogens is 294 g/mol. The molecule has 1 aromatic heterocycles. The molecular formula is C16H21N5O2. The van der Waals surface area contributed by atoms with Crippen molar-refractivity contribution in [1.82, 2.24) is 15.1 Å². The number of hydrogen-bond acceptors (Lipinski definition) is 6. The number of ether oxygens (including phenoxy) is 1. The number of nitrogens with two attached hydrogens (primary N) is 2. The zero-order valence-electron chi connectivity index (χ0n) is 12.9. The van der Waals surface area contributed by atoms with E-state index in [1.54, 1.807) is 0 Å². The second-order valence-corrected chi connectivity index (χ2v) is 5.08. The van der Waals surface area contributed by atoms with E-state index in [1.165, 1.54) is 17.7 Å². The van der Waals surface area contributed by atoms with Gasteiger partial charge in [0.15, 0.2) is 5.69 Å². The van der Waals surface area contributed by atoms with Crippen LogP contribution in [0.4, 0.5) is 5.82 Å². The minimum absolute atomic E-state index is 0.120. The summed E-state index contributed by atoms with van der Waals surface area (Å²) in [7, 11) is 0. The molecule has 0 bridgehead atoms. The van der Waals surface area contributed by atoms with Gasteiger partial charge in [-0.1, -0.05) is 30.3 Å². The first-order chi connectivity index (χ1) is 11.1. The average molecular weight is 315 g/mol. The number of rotatable bonds is 3. The number of aromatic nitrogens is 2. The fraction of sp³-hybridized carbons (Fsp3) is 0.312. The van der Waals surface area contributed by atoms with Crippen LogP contribution in [0.3, 0.4) is 0 Å². The third-order valence-corrected chi connectivity index (χ3v) is 3.29. The number of carbonyl (C=O) groups excluding carboxylic acids is 1. The Balaban J connectivity index is 0.000000174. The lowest BCUT2D eigenvalue weighted by molar-refractivity contribution is 0.0342. The molecule has 1 fully saturated rings. The Morgan fingerprint density at radius 2 is 1.78 bits per heavy atom. The van der Waals surface area contributed by atoms with Gasteiger partial charge in [0.2, 0.25) is 0 Å². The predicted molar refractivity (Wildman–Crippen MR) is 87.5 cm³/mol. The first-order valence-corrected chi connectivity index (χ1v) is 7.38. The summed E-state index contributed by atoms with van der Waals surface area (Å²) in [4.78, 5) is 12.8. The number of primary amides is 1. The highest BCUT2D eigenvalue weighted by molar-refractivity contribution is 5.90. The summed E-state index contributed by atoms with van der Waals surface area (Å²) in [5.41, 5.74) is 11.6. The maximum atomic E-state index is 10.4. The van der Waals surface area contributed by atoms with Gasteiger partial charge in [0.25, 0.3) is 5.91 Å². The summed E-state index contributed by atoms with van der Waals surface area (Å²) in [5.74, 6) is -0.336. The fourth-order valence-corrected chi connectivity index (χ4v) is 2.07. The van der Waals surface area contributed by atoms with Crippen LogP contribution >= 0.6 is 0 Å². The summed E-state index contributed by atoms with van der Waals surface area (Å²) >= 11 is 0. The molecule has 0 atom stereocenters. The van der Waals surface area contributed by atoms with Crippen molar-refractivity contribution in [3.63, 3.8) is 0 Å². The van der Waals surface area contributed by atoms with Gasteiger partial charge < -0.3 is 16.2 Å². The lowest BCUT2D eigenvalue weighted by Gasteiger charge is -2.26. The molecule has 0 radical (unpaired) electrons. The topological polar surface area (TPSA) is 107 Å². The van der Waals surface area contributed by atoms with Gasteiger partial charge in [-0.3, -0.25) is 9.69 Å². The highest BCUT2D eigenvalue weighted by Crippen LogP contribution is 2.05. The molecule has 2 aromatic rings. The Morgan fingerprint density at radius 1 is 1.09 bits per heavy atom. The average Bonchev–Trinajstić information content (AvgIpc) is 2.58. The summed E-state index contributed by atoms with van der Waals surface area (Å²) in [6.07, 6.45) is 0. The van der Waals surface area contributed by atoms with E-state index in [-0.39, 0.29) is 11.5 Å². The number of hydrogen-bond donors (Lipinski definition) is 2. The maximum Gasteiger partial charge on any atom is 0.269 e. The molecule has 1 aliphatic rings. The fourth-order valence-electron chi connectivity index (χ4n) is 2.07. The van der Waals surface area contributed by atoms with Gasteiger partial charge >= 0.3 is 0 Å². The van der Waals surface area contributed by atoms with Crippen LogP contribution in [-0.4, -0.2) is 47.3 Å². The predicted octanol–water partition coefficient (Wildman–Crippen LogP) is 0.676. The molecule has 4 N–H and O–H groups in total. The lowest BCUT2D eigenvalue weighted by atomic mass is 10.2. The molecule has 23 heavy (non-hydrogen) atoms. The van der Waals surface area contributed by atoms with Crippen molar-refractivity contribution in [2.45, 2.75) is 6.54 Å². The zero-order chi connectivity index (χ0) is 16.5. The van der Waals surface area contributed by atoms with E-state index < -0.39 is 5.91 Å². The largest absolute Gasteiger partial charge is 0.382 e. The van der Waals surface area contributed by atoms with Crippen molar-refractivity contribution in [1.29, 1.82) is 0 Å². The summed E-state index contributed by atoms with van der Waals surface area (Å²) in [5, 5.41) is 6.86. The molecule has 0 unspecified atom stereocenters. The second-order valence-electron chi connectivity index (χ2n) is 5.08. The van der Waals surface area contributed by atoms with Gasteiger partial charge in [-0.2, -0.15) is 0 Å². The molecule has 3 rings (SSSR count). The monoisotopic (exact) mass is 315 g/mol. The van der Waals surface area contributed by atoms with Crippen LogP contribution in [0.15, 0.2) is 42.5 Å². The van der Waals surface area contributed by atoms with Crippen molar-refractivity contribution < 1.29 is 9.53 Å². The van der Waals surface area contributed by atoms with Crippen LogP contribution < -0.4 is 11.5 Å². The number of morpholine rings is 1. The smallest absolute Gasteiger partial charge is 0.269 e. The van der Waals surface area contributed by atoms with E-state index in [0.717, 1.165) is 32.8 Å². The number of benzene rings is 1. The van der Waals surface area contributed by atoms with Gasteiger partial charge in [0.05, 0.1) is 13.2 Å². The molecule has 7 nitrogen and oxygen atoms in total. The van der Waals surface area contributed by atoms with Crippen LogP contribution in [0.5, 0.6) is 0 Å². The van der Waals surface area contributed by atoms with Crippen molar-refractivity contribution >= 4 is 11.7 Å². The van der Waals surface area contributed by atoms with Gasteiger partial charge in [-0.25, -0.2) is 0 Å². The number of carbonyl (C=O) groups is 1. The highest BCUT2D eigenvalue weighted by Gasteiger charge is 2.09. The third kappa shape index (κ3) is 6.01. The molecule has 7 heteroatoms. The van der Waals surface area contributed by atoms with Gasteiger partial charge in [-0.05, 0) is 17.7 Å². The summed E-state index contributed by atoms with van der Waals surface area (Å²) in [6.45, 7) is 4.95. The molecule has 1 aromatic carbocycles. The minimum Gasteiger partial charge on any atom is -0.382 e. The molecule has 0 spiro atoms. The van der Waals surface area contributed by atoms with E-state index in [0.29, 0.717) is 0 Å². The van der Waals surface area contributed by atoms with E-state index in [2.05, 4.69) is 45.4 Å². The van der Waals surface area contributed by atoms with E-state index in [1.807, 2.05) is 0 Å². The number of nitrogen functional groups attached to an aromatic ring is 1. The SMILES string of the molecule is NC(=O)c1ccc(N)nn1.c1ccc(CN2CCOCC2)cc1. The Kier molecular flexibility index (Phi) is 6.46. The summed E-state index contributed by atoms with van der Waals surface area (Å²) < 4.78 is 5.30. The Bertz CT molecular complexity index is 598. The van der Waals surface area contributed by atoms with Gasteiger partial charge in [0.1, 0.15) is 5.82 Å². The molecule has 122 valence electrons. The zero-order valence-corrected chi connectivity index (χ0v) is 12.9. The first kappa shape index (κ1) is 16.9. The van der Waals surface area contributed by atoms with Crippen molar-refractivity contribution in [3.05, 3.63) is 53.7 Å². The Morgan fingerprint density at radius 3 is 2.35 bits per heavy atom. The molecule has 1 saturated heterocycles. The maximum absolute atomic E-state index is 10.4. The first-order valence-electron chi connectivity index (χ1n) is 7.38. The molecule has 0 saturated carbocycles. The van der Waals surface area contributed by atoms with Crippen molar-refractivity contribution in [2.75, 3.05) is 32.0 Å². The molecule has 2 heterocycles. The van der Waals surface area contributed by atoms with Crippen molar-refractivity contribution in [3.8, 4) is 0 Å². The number of nitrogens with zero attached hydrogens (tertiary/aromatic N) is 3. The van der Waals surface area contributed by atoms with Crippen LogP contribution in [0, 0.1) is 0 Å². The molecule has 0 aliphatic carbocycles. The van der Waals surface area contributed by atoms with E-state index in [4.69, 9.17) is 16.2 Å². The Labute approximate surface area is 135 Å². The molecule has 1 amide bonds. The normalized spacial score (nSPS) is 14.6. The third-order valence-electron chi connectivity index (χ3n) is 3.29. The quantitative estimate of drug-likeness (QED) is 0.862. The van der Waals surface area contributed by atoms with E-state index in [9.17, 15) is 4.79 Å². The van der Waals surface area contributed by atoms with Gasteiger partial charge in [0, 0.05) is 19.6 Å². The van der Waals surface area contributed by atoms with Crippen LogP contribution in [0.1, 0.15) is 16.1 Å².